The van der Waals surface area contributed by atoms with Crippen molar-refractivity contribution in [2.45, 2.75) is 37.1 Å². The average molecular weight is 317 g/mol. The van der Waals surface area contributed by atoms with Gasteiger partial charge in [0, 0.05) is 0 Å². The molecule has 0 aromatic heterocycles. The number of halogens is 3. The van der Waals surface area contributed by atoms with Crippen molar-refractivity contribution in [2.75, 3.05) is 19.4 Å². The lowest BCUT2D eigenvalue weighted by Gasteiger charge is -2.22. The highest BCUT2D eigenvalue weighted by Crippen LogP contribution is 2.51. The highest BCUT2D eigenvalue weighted by atomic mass is 32.2. The summed E-state index contributed by atoms with van der Waals surface area (Å²) in [5.41, 5.74) is 4.17. The third-order valence-electron chi connectivity index (χ3n) is 3.44. The number of ether oxygens (including phenoxy) is 1. The highest BCUT2D eigenvalue weighted by Gasteiger charge is 2.54. The summed E-state index contributed by atoms with van der Waals surface area (Å²) in [6, 6.07) is 0. The molecule has 1 saturated carbocycles. The molecule has 1 unspecified atom stereocenters. The molecule has 1 atom stereocenters. The molecular formula is C11H18F3NO4S. The van der Waals surface area contributed by atoms with Crippen LogP contribution in [0.5, 0.6) is 0 Å². The summed E-state index contributed by atoms with van der Waals surface area (Å²) < 4.78 is 66.8. The van der Waals surface area contributed by atoms with Crippen molar-refractivity contribution in [3.8, 4) is 0 Å². The molecule has 1 aliphatic carbocycles. The zero-order valence-electron chi connectivity index (χ0n) is 11.1. The lowest BCUT2D eigenvalue weighted by molar-refractivity contribution is -0.141. The number of methoxy groups -OCH3 is 1. The normalized spacial score (nSPS) is 19.4. The summed E-state index contributed by atoms with van der Waals surface area (Å²) in [6.07, 6.45) is -4.86. The fourth-order valence-corrected chi connectivity index (χ4v) is 4.50. The van der Waals surface area contributed by atoms with Crippen molar-refractivity contribution in [3.05, 3.63) is 0 Å². The van der Waals surface area contributed by atoms with Gasteiger partial charge in [-0.1, -0.05) is 0 Å². The second-order valence-electron chi connectivity index (χ2n) is 5.17. The van der Waals surface area contributed by atoms with Gasteiger partial charge in [-0.2, -0.15) is 13.2 Å². The predicted octanol–water partition coefficient (Wildman–Crippen LogP) is 1.02. The molecule has 0 bridgehead atoms. The van der Waals surface area contributed by atoms with Crippen molar-refractivity contribution < 1.29 is 31.1 Å². The number of esters is 1. The van der Waals surface area contributed by atoms with Crippen LogP contribution < -0.4 is 5.73 Å². The van der Waals surface area contributed by atoms with Crippen molar-refractivity contribution >= 4 is 15.8 Å². The molecule has 0 aliphatic heterocycles. The molecule has 20 heavy (non-hydrogen) atoms. The molecule has 0 spiro atoms. The van der Waals surface area contributed by atoms with Crippen molar-refractivity contribution in [2.24, 2.45) is 11.1 Å². The molecule has 0 heterocycles. The Kier molecular flexibility index (Phi) is 5.07. The number of carbonyl (C=O) groups is 1. The van der Waals surface area contributed by atoms with E-state index in [-0.39, 0.29) is 13.0 Å². The van der Waals surface area contributed by atoms with Crippen LogP contribution in [0, 0.1) is 5.41 Å². The monoisotopic (exact) mass is 317 g/mol. The van der Waals surface area contributed by atoms with E-state index in [4.69, 9.17) is 5.73 Å². The molecule has 1 fully saturated rings. The first-order valence-corrected chi connectivity index (χ1v) is 7.83. The van der Waals surface area contributed by atoms with Gasteiger partial charge in [0.25, 0.3) is 0 Å². The van der Waals surface area contributed by atoms with Crippen LogP contribution in [0.3, 0.4) is 0 Å². The summed E-state index contributed by atoms with van der Waals surface area (Å²) in [5, 5.41) is -2.46. The van der Waals surface area contributed by atoms with E-state index in [0.717, 1.165) is 7.11 Å². The first-order valence-electron chi connectivity index (χ1n) is 6.11. The molecule has 1 aliphatic rings. The van der Waals surface area contributed by atoms with Gasteiger partial charge in [-0.05, 0) is 31.2 Å². The Morgan fingerprint density at radius 3 is 2.30 bits per heavy atom. The molecule has 0 aromatic carbocycles. The molecule has 5 nitrogen and oxygen atoms in total. The van der Waals surface area contributed by atoms with Gasteiger partial charge in [-0.3, -0.25) is 4.79 Å². The highest BCUT2D eigenvalue weighted by molar-refractivity contribution is 7.92. The minimum Gasteiger partial charge on any atom is -0.469 e. The van der Waals surface area contributed by atoms with E-state index in [1.807, 2.05) is 0 Å². The SMILES string of the molecule is COC(=O)CC1(CS(=O)(=O)C(CCN)C(F)(F)F)CC1. The van der Waals surface area contributed by atoms with Crippen LogP contribution in [0.2, 0.25) is 0 Å². The van der Waals surface area contributed by atoms with E-state index in [9.17, 15) is 26.4 Å². The molecule has 0 saturated heterocycles. The standard InChI is InChI=1S/C11H18F3NO4S/c1-19-9(16)6-10(3-4-10)7-20(17,18)8(2-5-15)11(12,13)14/h8H,2-7,15H2,1H3. The third-order valence-corrected chi connectivity index (χ3v) is 5.82. The number of sulfone groups is 1. The summed E-state index contributed by atoms with van der Waals surface area (Å²) in [7, 11) is -3.25. The van der Waals surface area contributed by atoms with Gasteiger partial charge in [-0.25, -0.2) is 8.42 Å². The number of alkyl halides is 3. The number of hydrogen-bond donors (Lipinski definition) is 1. The van der Waals surface area contributed by atoms with Crippen LogP contribution in [-0.4, -0.2) is 45.2 Å². The Bertz CT molecular complexity index is 457. The van der Waals surface area contributed by atoms with Crippen LogP contribution in [0.15, 0.2) is 0 Å². The molecule has 1 rings (SSSR count). The van der Waals surface area contributed by atoms with E-state index in [1.165, 1.54) is 0 Å². The van der Waals surface area contributed by atoms with Crippen LogP contribution >= 0.6 is 0 Å². The van der Waals surface area contributed by atoms with Crippen LogP contribution in [0.25, 0.3) is 0 Å². The maximum Gasteiger partial charge on any atom is 0.405 e. The zero-order chi connectivity index (χ0) is 15.6. The van der Waals surface area contributed by atoms with Crippen molar-refractivity contribution in [1.82, 2.24) is 0 Å². The lowest BCUT2D eigenvalue weighted by atomic mass is 10.1. The van der Waals surface area contributed by atoms with Crippen molar-refractivity contribution in [3.63, 3.8) is 0 Å². The minimum absolute atomic E-state index is 0.171. The van der Waals surface area contributed by atoms with Gasteiger partial charge in [0.1, 0.15) is 0 Å². The Morgan fingerprint density at radius 1 is 1.40 bits per heavy atom. The molecule has 0 amide bonds. The van der Waals surface area contributed by atoms with Crippen LogP contribution in [0.4, 0.5) is 13.2 Å². The molecular weight excluding hydrogens is 299 g/mol. The molecule has 0 radical (unpaired) electrons. The van der Waals surface area contributed by atoms with Crippen molar-refractivity contribution in [1.29, 1.82) is 0 Å². The average Bonchev–Trinajstić information content (AvgIpc) is 3.02. The van der Waals surface area contributed by atoms with Gasteiger partial charge in [0.15, 0.2) is 15.1 Å². The lowest BCUT2D eigenvalue weighted by Crippen LogP contribution is -2.41. The number of hydrogen-bond acceptors (Lipinski definition) is 5. The first kappa shape index (κ1) is 17.2. The van der Waals surface area contributed by atoms with Gasteiger partial charge >= 0.3 is 12.1 Å². The zero-order valence-corrected chi connectivity index (χ0v) is 11.9. The summed E-state index contributed by atoms with van der Waals surface area (Å²) in [5.74, 6) is -1.26. The van der Waals surface area contributed by atoms with Gasteiger partial charge in [0.2, 0.25) is 0 Å². The van der Waals surface area contributed by atoms with E-state index in [2.05, 4.69) is 4.74 Å². The fraction of sp³-hybridized carbons (Fsp3) is 0.909. The smallest absolute Gasteiger partial charge is 0.405 e. The maximum absolute atomic E-state index is 12.8. The Morgan fingerprint density at radius 2 is 1.95 bits per heavy atom. The summed E-state index contributed by atoms with van der Waals surface area (Å²) in [6.45, 7) is -0.368. The van der Waals surface area contributed by atoms with Crippen LogP contribution in [0.1, 0.15) is 25.7 Å². The van der Waals surface area contributed by atoms with E-state index < -0.39 is 44.8 Å². The van der Waals surface area contributed by atoms with Gasteiger partial charge in [-0.15, -0.1) is 0 Å². The van der Waals surface area contributed by atoms with E-state index in [0.29, 0.717) is 12.8 Å². The largest absolute Gasteiger partial charge is 0.469 e. The second-order valence-corrected chi connectivity index (χ2v) is 7.35. The third kappa shape index (κ3) is 4.34. The molecule has 0 aromatic rings. The quantitative estimate of drug-likeness (QED) is 0.709. The molecule has 2 N–H and O–H groups in total. The number of carbonyl (C=O) groups excluding carboxylic acids is 1. The topological polar surface area (TPSA) is 86.5 Å². The Hall–Kier alpha value is -0.830. The maximum atomic E-state index is 12.8. The molecule has 118 valence electrons. The number of nitrogens with two attached hydrogens (primary N) is 1. The van der Waals surface area contributed by atoms with E-state index in [1.54, 1.807) is 0 Å². The summed E-state index contributed by atoms with van der Waals surface area (Å²) >= 11 is 0. The van der Waals surface area contributed by atoms with Gasteiger partial charge in [0.05, 0.1) is 19.3 Å². The first-order chi connectivity index (χ1) is 9.06. The number of rotatable bonds is 7. The molecule has 9 heteroatoms. The second kappa shape index (κ2) is 5.88. The fourth-order valence-electron chi connectivity index (χ4n) is 2.15. The minimum atomic E-state index is -4.85. The van der Waals surface area contributed by atoms with E-state index >= 15 is 0 Å². The predicted molar refractivity (Wildman–Crippen MR) is 65.6 cm³/mol. The Labute approximate surface area is 115 Å². The van der Waals surface area contributed by atoms with Gasteiger partial charge < -0.3 is 10.5 Å². The van der Waals surface area contributed by atoms with Crippen LogP contribution in [-0.2, 0) is 19.4 Å². The summed E-state index contributed by atoms with van der Waals surface area (Å²) in [4.78, 5) is 11.2. The Balaban J connectivity index is 2.85.